The second-order valence-electron chi connectivity index (χ2n) is 8.05. The number of hydrogen-bond acceptors (Lipinski definition) is 9. The summed E-state index contributed by atoms with van der Waals surface area (Å²) in [6.45, 7) is 2.66. The maximum atomic E-state index is 15.3. The number of rotatable bonds is 10. The van der Waals surface area contributed by atoms with Crippen molar-refractivity contribution in [1.82, 2.24) is 19.6 Å². The summed E-state index contributed by atoms with van der Waals surface area (Å²) in [4.78, 5) is 31.4. The maximum Gasteiger partial charge on any atom is 0.351 e. The first kappa shape index (κ1) is 26.6. The van der Waals surface area contributed by atoms with Gasteiger partial charge in [-0.1, -0.05) is 13.0 Å². The molecule has 0 spiro atoms. The van der Waals surface area contributed by atoms with Gasteiger partial charge in [-0.2, -0.15) is 4.98 Å². The van der Waals surface area contributed by atoms with E-state index in [1.54, 1.807) is 31.5 Å². The van der Waals surface area contributed by atoms with Gasteiger partial charge in [0.2, 0.25) is 4.58 Å². The molecular weight excluding hydrogens is 536 g/mol. The number of nitrogens with one attached hydrogen (secondary N) is 1. The highest BCUT2D eigenvalue weighted by Crippen LogP contribution is 2.49. The molecule has 1 fully saturated rings. The number of ketones is 1. The molecule has 1 saturated heterocycles. The topological polar surface area (TPSA) is 159 Å². The minimum absolute atomic E-state index is 0.0565. The Morgan fingerprint density at radius 2 is 2.26 bits per heavy atom. The van der Waals surface area contributed by atoms with Gasteiger partial charge in [-0.05, 0) is 40.5 Å². The minimum Gasteiger partial charge on any atom is -0.386 e. The van der Waals surface area contributed by atoms with E-state index in [-0.39, 0.29) is 24.3 Å². The number of nitrogens with two attached hydrogens (primary N) is 1. The van der Waals surface area contributed by atoms with Crippen LogP contribution in [0.3, 0.4) is 0 Å². The average molecular weight is 562 g/mol. The third-order valence-corrected chi connectivity index (χ3v) is 8.48. The van der Waals surface area contributed by atoms with Crippen molar-refractivity contribution in [2.24, 2.45) is 5.92 Å². The zero-order chi connectivity index (χ0) is 25.1. The number of pyridine rings is 1. The number of nitrogen functional groups attached to an aromatic ring is 1. The van der Waals surface area contributed by atoms with Gasteiger partial charge in [0.05, 0.1) is 6.61 Å². The van der Waals surface area contributed by atoms with Crippen LogP contribution in [0.5, 0.6) is 0 Å². The smallest absolute Gasteiger partial charge is 0.351 e. The van der Waals surface area contributed by atoms with Gasteiger partial charge in [-0.15, -0.1) is 0 Å². The molecule has 2 aromatic rings. The van der Waals surface area contributed by atoms with Gasteiger partial charge < -0.3 is 20.1 Å². The van der Waals surface area contributed by atoms with Crippen LogP contribution in [0.15, 0.2) is 41.6 Å². The molecule has 6 atom stereocenters. The van der Waals surface area contributed by atoms with Crippen molar-refractivity contribution in [2.45, 2.75) is 43.4 Å². The number of carbonyl (C=O) groups excluding carboxylic acids is 1. The lowest BCUT2D eigenvalue weighted by Crippen LogP contribution is -2.40. The molecule has 11 nitrogen and oxygen atoms in total. The molecule has 2 unspecified atom stereocenters. The summed E-state index contributed by atoms with van der Waals surface area (Å²) in [5, 5.41) is 13.3. The van der Waals surface area contributed by atoms with E-state index in [0.717, 1.165) is 10.1 Å². The molecule has 0 bridgehead atoms. The van der Waals surface area contributed by atoms with Gasteiger partial charge >= 0.3 is 5.69 Å². The van der Waals surface area contributed by atoms with Crippen molar-refractivity contribution in [1.29, 1.82) is 0 Å². The van der Waals surface area contributed by atoms with Crippen LogP contribution in [0.1, 0.15) is 25.6 Å². The van der Waals surface area contributed by atoms with E-state index in [1.807, 2.05) is 0 Å². The van der Waals surface area contributed by atoms with Crippen LogP contribution in [0.4, 0.5) is 10.2 Å². The summed E-state index contributed by atoms with van der Waals surface area (Å²) in [7, 11) is -3.65. The quantitative estimate of drug-likeness (QED) is 0.288. The van der Waals surface area contributed by atoms with E-state index >= 15 is 4.39 Å². The molecule has 3 heterocycles. The summed E-state index contributed by atoms with van der Waals surface area (Å²) < 4.78 is 38.3. The van der Waals surface area contributed by atoms with Gasteiger partial charge in [-0.3, -0.25) is 18.9 Å². The number of Topliss-reactive ketones (excluding diaryl/α,β-unsaturated/α-hetero) is 1. The van der Waals surface area contributed by atoms with Crippen LogP contribution in [0.2, 0.25) is 0 Å². The molecule has 186 valence electrons. The molecule has 14 heteroatoms. The van der Waals surface area contributed by atoms with Gasteiger partial charge in [0.15, 0.2) is 6.23 Å². The first-order valence-electron chi connectivity index (χ1n) is 10.4. The summed E-state index contributed by atoms with van der Waals surface area (Å²) in [6, 6.07) is 4.77. The lowest BCUT2D eigenvalue weighted by atomic mass is 10.1. The fourth-order valence-electron chi connectivity index (χ4n) is 3.27. The molecule has 0 amide bonds. The van der Waals surface area contributed by atoms with Crippen LogP contribution < -0.4 is 16.5 Å². The number of nitrogens with zero attached hydrogens (tertiary/aromatic N) is 3. The molecule has 0 saturated carbocycles. The van der Waals surface area contributed by atoms with E-state index in [2.05, 4.69) is 31.0 Å². The number of aromatic nitrogens is 3. The molecular formula is C20H26BrFN5O6P. The summed E-state index contributed by atoms with van der Waals surface area (Å²) in [5.74, 6) is -0.813. The van der Waals surface area contributed by atoms with Gasteiger partial charge in [-0.25, -0.2) is 14.3 Å². The van der Waals surface area contributed by atoms with E-state index < -0.39 is 48.7 Å². The van der Waals surface area contributed by atoms with E-state index in [1.165, 1.54) is 19.2 Å². The number of anilines is 1. The fraction of sp³-hybridized carbons (Fsp3) is 0.500. The molecule has 0 aromatic carbocycles. The Hall–Kier alpha value is -2.02. The number of alkyl halides is 2. The van der Waals surface area contributed by atoms with Crippen LogP contribution in [-0.4, -0.2) is 55.0 Å². The fourth-order valence-corrected chi connectivity index (χ4v) is 6.01. The number of hydrogen-bond donors (Lipinski definition) is 3. The van der Waals surface area contributed by atoms with Crippen LogP contribution in [-0.2, 0) is 25.2 Å². The summed E-state index contributed by atoms with van der Waals surface area (Å²) in [5.41, 5.74) is 5.33. The zero-order valence-corrected chi connectivity index (χ0v) is 21.0. The highest BCUT2D eigenvalue weighted by atomic mass is 79.9. The Bertz CT molecular complexity index is 1120. The lowest BCUT2D eigenvalue weighted by Gasteiger charge is -2.24. The van der Waals surface area contributed by atoms with Crippen molar-refractivity contribution in [3.63, 3.8) is 0 Å². The third kappa shape index (κ3) is 6.15. The Morgan fingerprint density at radius 1 is 1.53 bits per heavy atom. The largest absolute Gasteiger partial charge is 0.386 e. The summed E-state index contributed by atoms with van der Waals surface area (Å²) in [6.07, 6.45) is -0.408. The first-order valence-corrected chi connectivity index (χ1v) is 13.0. The van der Waals surface area contributed by atoms with E-state index in [9.17, 15) is 19.3 Å². The van der Waals surface area contributed by atoms with Crippen molar-refractivity contribution in [3.8, 4) is 0 Å². The van der Waals surface area contributed by atoms with Crippen molar-refractivity contribution < 1.29 is 28.1 Å². The first-order chi connectivity index (χ1) is 15.9. The van der Waals surface area contributed by atoms with Crippen LogP contribution in [0, 0.1) is 5.92 Å². The van der Waals surface area contributed by atoms with Gasteiger partial charge in [0.25, 0.3) is 7.52 Å². The predicted octanol–water partition coefficient (Wildman–Crippen LogP) is 1.76. The number of aliphatic hydroxyl groups is 1. The number of aliphatic hydroxyl groups excluding tert-OH is 1. The highest BCUT2D eigenvalue weighted by Gasteiger charge is 2.57. The predicted molar refractivity (Wildman–Crippen MR) is 125 cm³/mol. The Kier molecular flexibility index (Phi) is 8.38. The Morgan fingerprint density at radius 3 is 2.88 bits per heavy atom. The SMILES string of the molecule is CC(=O)[C@H](C)CP(=O)(NCc1cccnc1)OC[C@H]1O[C@@H](n2ccc(N)nc2=O)C(F)(Br)[C@H]1O. The third-order valence-electron chi connectivity index (χ3n) is 5.39. The van der Waals surface area contributed by atoms with Crippen molar-refractivity contribution in [2.75, 3.05) is 18.5 Å². The molecule has 3 rings (SSSR count). The van der Waals surface area contributed by atoms with Crippen LogP contribution >= 0.6 is 23.4 Å². The van der Waals surface area contributed by atoms with Crippen molar-refractivity contribution in [3.05, 3.63) is 52.8 Å². The number of halogens is 2. The Labute approximate surface area is 203 Å². The molecule has 0 radical (unpaired) electrons. The monoisotopic (exact) mass is 561 g/mol. The van der Waals surface area contributed by atoms with E-state index in [0.29, 0.717) is 0 Å². The molecule has 1 aliphatic heterocycles. The lowest BCUT2D eigenvalue weighted by molar-refractivity contribution is -0.119. The molecule has 34 heavy (non-hydrogen) atoms. The average Bonchev–Trinajstić information content (AvgIpc) is 3.00. The second-order valence-corrected chi connectivity index (χ2v) is 11.5. The zero-order valence-electron chi connectivity index (χ0n) is 18.5. The molecule has 4 N–H and O–H groups in total. The van der Waals surface area contributed by atoms with E-state index in [4.69, 9.17) is 15.0 Å². The van der Waals surface area contributed by atoms with Crippen molar-refractivity contribution >= 4 is 35.1 Å². The van der Waals surface area contributed by atoms with Gasteiger partial charge in [0, 0.05) is 37.2 Å². The second kappa shape index (κ2) is 10.7. The summed E-state index contributed by atoms with van der Waals surface area (Å²) >= 11 is 2.79. The number of ether oxygens (including phenoxy) is 1. The molecule has 1 aliphatic rings. The van der Waals surface area contributed by atoms with Gasteiger partial charge in [0.1, 0.15) is 23.8 Å². The maximum absolute atomic E-state index is 15.3. The van der Waals surface area contributed by atoms with Crippen LogP contribution in [0.25, 0.3) is 0 Å². The number of carbonyl (C=O) groups is 1. The Balaban J connectivity index is 1.76. The highest BCUT2D eigenvalue weighted by molar-refractivity contribution is 9.10. The molecule has 2 aromatic heterocycles. The molecule has 0 aliphatic carbocycles. The standard InChI is InChI=1S/C20H26BrFN5O6P/c1-12(13(2)28)11-34(31,25-9-14-4-3-6-24-8-14)32-10-15-17(29)20(21,22)18(33-15)27-7-5-16(23)26-19(27)30/h3-8,12,15,17-18,29H,9-11H2,1-2H3,(H,25,31)(H2,23,26,30)/t12-,15-,17+,18-,20?,34?/m1/s1. The normalized spacial score (nSPS) is 27.3. The minimum atomic E-state index is -3.65.